The third kappa shape index (κ3) is 2.25. The van der Waals surface area contributed by atoms with Crippen LogP contribution in [-0.4, -0.2) is 16.6 Å². The number of amides is 1. The van der Waals surface area contributed by atoms with Gasteiger partial charge in [-0.05, 0) is 35.0 Å². The number of carbonyl (C=O) groups excluding carboxylic acids is 1. The zero-order valence-corrected chi connectivity index (χ0v) is 12.7. The van der Waals surface area contributed by atoms with Gasteiger partial charge in [0.05, 0.1) is 11.4 Å². The molecular weight excluding hydrogens is 292 g/mol. The van der Waals surface area contributed by atoms with Crippen LogP contribution in [0.2, 0.25) is 0 Å². The van der Waals surface area contributed by atoms with Gasteiger partial charge in [-0.15, -0.1) is 11.8 Å². The average Bonchev–Trinajstić information content (AvgIpc) is 2.97. The van der Waals surface area contributed by atoms with Crippen molar-refractivity contribution in [2.45, 2.75) is 5.37 Å². The number of benzene rings is 2. The summed E-state index contributed by atoms with van der Waals surface area (Å²) in [5, 5.41) is 2.28. The Morgan fingerprint density at radius 1 is 1.00 bits per heavy atom. The summed E-state index contributed by atoms with van der Waals surface area (Å²) in [6.07, 6.45) is 1.78. The van der Waals surface area contributed by atoms with E-state index in [-0.39, 0.29) is 11.3 Å². The molecule has 0 unspecified atom stereocenters. The van der Waals surface area contributed by atoms with E-state index in [1.54, 1.807) is 18.0 Å². The summed E-state index contributed by atoms with van der Waals surface area (Å²) in [5.41, 5.74) is 1.86. The van der Waals surface area contributed by atoms with E-state index in [0.29, 0.717) is 5.75 Å². The van der Waals surface area contributed by atoms with Gasteiger partial charge in [-0.1, -0.05) is 36.4 Å². The minimum Gasteiger partial charge on any atom is -0.293 e. The maximum absolute atomic E-state index is 12.4. The number of nitrogens with zero attached hydrogens (tertiary/aromatic N) is 2. The first-order valence-electron chi connectivity index (χ1n) is 7.16. The number of pyridine rings is 1. The molecule has 0 spiro atoms. The maximum atomic E-state index is 12.4. The number of rotatable bonds is 2. The van der Waals surface area contributed by atoms with Crippen LogP contribution < -0.4 is 4.90 Å². The lowest BCUT2D eigenvalue weighted by Gasteiger charge is -2.23. The fraction of sp³-hybridized carbons (Fsp3) is 0.111. The van der Waals surface area contributed by atoms with Gasteiger partial charge in [-0.3, -0.25) is 14.7 Å². The van der Waals surface area contributed by atoms with Crippen LogP contribution in [0.4, 0.5) is 5.69 Å². The molecule has 1 amide bonds. The Kier molecular flexibility index (Phi) is 3.31. The lowest BCUT2D eigenvalue weighted by atomic mass is 10.1. The summed E-state index contributed by atoms with van der Waals surface area (Å²) in [6, 6.07) is 20.2. The fourth-order valence-electron chi connectivity index (χ4n) is 2.77. The van der Waals surface area contributed by atoms with Crippen molar-refractivity contribution in [1.29, 1.82) is 0 Å². The van der Waals surface area contributed by atoms with E-state index in [4.69, 9.17) is 0 Å². The predicted molar refractivity (Wildman–Crippen MR) is 90.9 cm³/mol. The molecule has 2 aromatic carbocycles. The SMILES string of the molecule is O=C1CS[C@H](c2ccccn2)N1c1ccc2ccccc2c1. The van der Waals surface area contributed by atoms with Crippen LogP contribution in [0, 0.1) is 0 Å². The molecule has 1 aromatic heterocycles. The molecule has 0 bridgehead atoms. The van der Waals surface area contributed by atoms with Gasteiger partial charge >= 0.3 is 0 Å². The Bertz CT molecular complexity index is 835. The van der Waals surface area contributed by atoms with Gasteiger partial charge in [0.2, 0.25) is 5.91 Å². The van der Waals surface area contributed by atoms with Gasteiger partial charge in [0.25, 0.3) is 0 Å². The zero-order valence-electron chi connectivity index (χ0n) is 11.8. The van der Waals surface area contributed by atoms with Gasteiger partial charge in [0, 0.05) is 11.9 Å². The van der Waals surface area contributed by atoms with Crippen molar-refractivity contribution in [3.8, 4) is 0 Å². The second-order valence-electron chi connectivity index (χ2n) is 5.21. The van der Waals surface area contributed by atoms with E-state index in [1.165, 1.54) is 5.39 Å². The topological polar surface area (TPSA) is 33.2 Å². The largest absolute Gasteiger partial charge is 0.293 e. The Labute approximate surface area is 133 Å². The van der Waals surface area contributed by atoms with Crippen molar-refractivity contribution in [2.75, 3.05) is 10.7 Å². The van der Waals surface area contributed by atoms with Crippen LogP contribution >= 0.6 is 11.8 Å². The first kappa shape index (κ1) is 13.3. The van der Waals surface area contributed by atoms with Crippen molar-refractivity contribution in [3.05, 3.63) is 72.6 Å². The van der Waals surface area contributed by atoms with Crippen LogP contribution in [0.5, 0.6) is 0 Å². The average molecular weight is 306 g/mol. The molecule has 4 heteroatoms. The summed E-state index contributed by atoms with van der Waals surface area (Å²) >= 11 is 1.63. The predicted octanol–water partition coefficient (Wildman–Crippen LogP) is 4.01. The van der Waals surface area contributed by atoms with Crippen molar-refractivity contribution >= 4 is 34.1 Å². The van der Waals surface area contributed by atoms with Crippen LogP contribution in [0.1, 0.15) is 11.1 Å². The molecule has 3 aromatic rings. The minimum absolute atomic E-state index is 0.0464. The van der Waals surface area contributed by atoms with Crippen molar-refractivity contribution in [3.63, 3.8) is 0 Å². The number of fused-ring (bicyclic) bond motifs is 1. The number of hydrogen-bond donors (Lipinski definition) is 0. The third-order valence-corrected chi connectivity index (χ3v) is 5.00. The van der Waals surface area contributed by atoms with E-state index in [0.717, 1.165) is 16.8 Å². The summed E-state index contributed by atoms with van der Waals surface area (Å²) in [6.45, 7) is 0. The van der Waals surface area contributed by atoms with E-state index in [1.807, 2.05) is 41.3 Å². The molecule has 3 nitrogen and oxygen atoms in total. The van der Waals surface area contributed by atoms with Gasteiger partial charge < -0.3 is 0 Å². The summed E-state index contributed by atoms with van der Waals surface area (Å²) in [4.78, 5) is 18.7. The smallest absolute Gasteiger partial charge is 0.238 e. The molecular formula is C18H14N2OS. The highest BCUT2D eigenvalue weighted by Crippen LogP contribution is 2.41. The van der Waals surface area contributed by atoms with E-state index < -0.39 is 0 Å². The molecule has 0 aliphatic carbocycles. The molecule has 1 aliphatic rings. The second-order valence-corrected chi connectivity index (χ2v) is 6.28. The van der Waals surface area contributed by atoms with Crippen molar-refractivity contribution in [2.24, 2.45) is 0 Å². The summed E-state index contributed by atoms with van der Waals surface area (Å²) < 4.78 is 0. The molecule has 2 heterocycles. The second kappa shape index (κ2) is 5.46. The standard InChI is InChI=1S/C18H14N2OS/c21-17-12-22-18(16-7-3-4-10-19-16)20(17)15-9-8-13-5-1-2-6-14(13)11-15/h1-11,18H,12H2/t18-/m1/s1. The highest BCUT2D eigenvalue weighted by atomic mass is 32.2. The normalized spacial score (nSPS) is 18.1. The van der Waals surface area contributed by atoms with Crippen LogP contribution in [0.15, 0.2) is 66.9 Å². The zero-order chi connectivity index (χ0) is 14.9. The van der Waals surface area contributed by atoms with Gasteiger partial charge in [-0.2, -0.15) is 0 Å². The van der Waals surface area contributed by atoms with Gasteiger partial charge in [0.1, 0.15) is 5.37 Å². The molecule has 1 aliphatic heterocycles. The summed E-state index contributed by atoms with van der Waals surface area (Å²) in [5.74, 6) is 0.629. The van der Waals surface area contributed by atoms with Gasteiger partial charge in [0.15, 0.2) is 0 Å². The number of aromatic nitrogens is 1. The number of thioether (sulfide) groups is 1. The van der Waals surface area contributed by atoms with E-state index >= 15 is 0 Å². The molecule has 0 N–H and O–H groups in total. The molecule has 22 heavy (non-hydrogen) atoms. The van der Waals surface area contributed by atoms with Crippen LogP contribution in [0.3, 0.4) is 0 Å². The van der Waals surface area contributed by atoms with E-state index in [9.17, 15) is 4.79 Å². The van der Waals surface area contributed by atoms with E-state index in [2.05, 4.69) is 29.2 Å². The third-order valence-electron chi connectivity index (χ3n) is 3.82. The highest BCUT2D eigenvalue weighted by molar-refractivity contribution is 8.00. The summed E-state index contributed by atoms with van der Waals surface area (Å²) in [7, 11) is 0. The maximum Gasteiger partial charge on any atom is 0.238 e. The first-order valence-corrected chi connectivity index (χ1v) is 8.21. The molecule has 1 fully saturated rings. The minimum atomic E-state index is -0.0464. The van der Waals surface area contributed by atoms with Crippen LogP contribution in [0.25, 0.3) is 10.8 Å². The first-order chi connectivity index (χ1) is 10.8. The molecule has 4 rings (SSSR count). The quantitative estimate of drug-likeness (QED) is 0.717. The Hall–Kier alpha value is -2.33. The lowest BCUT2D eigenvalue weighted by Crippen LogP contribution is -2.28. The number of carbonyl (C=O) groups is 1. The van der Waals surface area contributed by atoms with Crippen molar-refractivity contribution < 1.29 is 4.79 Å². The molecule has 0 radical (unpaired) electrons. The lowest BCUT2D eigenvalue weighted by molar-refractivity contribution is -0.115. The fourth-order valence-corrected chi connectivity index (χ4v) is 3.91. The number of hydrogen-bond acceptors (Lipinski definition) is 3. The molecule has 0 saturated carbocycles. The van der Waals surface area contributed by atoms with Crippen LogP contribution in [-0.2, 0) is 4.79 Å². The van der Waals surface area contributed by atoms with Crippen molar-refractivity contribution in [1.82, 2.24) is 4.98 Å². The van der Waals surface area contributed by atoms with Gasteiger partial charge in [-0.25, -0.2) is 0 Å². The molecule has 1 saturated heterocycles. The Morgan fingerprint density at radius 3 is 2.64 bits per heavy atom. The monoisotopic (exact) mass is 306 g/mol. The molecule has 1 atom stereocenters. The Morgan fingerprint density at radius 2 is 1.82 bits per heavy atom. The number of anilines is 1. The molecule has 108 valence electrons. The highest BCUT2D eigenvalue weighted by Gasteiger charge is 2.34. The Balaban J connectivity index is 1.78.